The number of aromatic amines is 1. The van der Waals surface area contributed by atoms with Crippen LogP contribution in [0.2, 0.25) is 0 Å². The zero-order chi connectivity index (χ0) is 22.3. The van der Waals surface area contributed by atoms with E-state index in [0.717, 1.165) is 0 Å². The molecule has 4 rings (SSSR count). The lowest BCUT2D eigenvalue weighted by molar-refractivity contribution is 0.222. The highest BCUT2D eigenvalue weighted by Gasteiger charge is 2.32. The molecule has 0 amide bonds. The van der Waals surface area contributed by atoms with Crippen LogP contribution < -0.4 is 10.3 Å². The number of sulfonamides is 1. The summed E-state index contributed by atoms with van der Waals surface area (Å²) in [5.41, 5.74) is 0.741. The largest absolute Gasteiger partial charge is 0.493 e. The molecule has 1 N–H and O–H groups in total. The molecule has 3 aromatic rings. The Morgan fingerprint density at radius 1 is 1.16 bits per heavy atom. The molecule has 1 aliphatic rings. The maximum atomic E-state index is 13.6. The maximum absolute atomic E-state index is 13.6. The molecule has 0 radical (unpaired) electrons. The summed E-state index contributed by atoms with van der Waals surface area (Å²) >= 11 is 0. The molecular formula is C20H26N6O4S. The monoisotopic (exact) mass is 446 g/mol. The van der Waals surface area contributed by atoms with Crippen molar-refractivity contribution < 1.29 is 13.2 Å². The Morgan fingerprint density at radius 2 is 1.87 bits per heavy atom. The van der Waals surface area contributed by atoms with E-state index < -0.39 is 15.6 Å². The number of aryl methyl sites for hydroxylation is 2. The molecule has 1 aromatic carbocycles. The van der Waals surface area contributed by atoms with Gasteiger partial charge in [-0.05, 0) is 40.0 Å². The predicted molar refractivity (Wildman–Crippen MR) is 116 cm³/mol. The molecule has 1 fully saturated rings. The van der Waals surface area contributed by atoms with Crippen LogP contribution in [0.5, 0.6) is 5.75 Å². The Labute approximate surface area is 180 Å². The third kappa shape index (κ3) is 3.73. The molecular weight excluding hydrogens is 420 g/mol. The SMILES string of the molecule is CCOc1cccc(S(=O)(=O)N2CCN(C)CC2)c1-c1nn2c(C)nc(C)c2c(=O)[nH]1. The molecule has 11 heteroatoms. The highest BCUT2D eigenvalue weighted by molar-refractivity contribution is 7.89. The van der Waals surface area contributed by atoms with Gasteiger partial charge in [-0.25, -0.2) is 17.9 Å². The summed E-state index contributed by atoms with van der Waals surface area (Å²) in [5, 5.41) is 4.53. The number of H-pyrrole nitrogens is 1. The Bertz CT molecular complexity index is 1290. The van der Waals surface area contributed by atoms with Gasteiger partial charge in [-0.3, -0.25) is 4.79 Å². The van der Waals surface area contributed by atoms with Crippen LogP contribution in [0.3, 0.4) is 0 Å². The molecule has 1 aliphatic heterocycles. The van der Waals surface area contributed by atoms with Crippen LogP contribution in [0, 0.1) is 13.8 Å². The minimum absolute atomic E-state index is 0.0555. The fourth-order valence-corrected chi connectivity index (χ4v) is 5.48. The van der Waals surface area contributed by atoms with E-state index in [1.165, 1.54) is 14.9 Å². The zero-order valence-corrected chi connectivity index (χ0v) is 18.9. The number of nitrogens with zero attached hydrogens (tertiary/aromatic N) is 5. The molecule has 0 aliphatic carbocycles. The minimum atomic E-state index is -3.84. The fraction of sp³-hybridized carbons (Fsp3) is 0.450. The molecule has 3 heterocycles. The van der Waals surface area contributed by atoms with Gasteiger partial charge in [0.25, 0.3) is 5.56 Å². The molecule has 1 saturated heterocycles. The first-order valence-corrected chi connectivity index (χ1v) is 11.6. The lowest BCUT2D eigenvalue weighted by atomic mass is 10.2. The number of rotatable bonds is 5. The van der Waals surface area contributed by atoms with E-state index in [0.29, 0.717) is 55.6 Å². The van der Waals surface area contributed by atoms with Crippen molar-refractivity contribution in [1.29, 1.82) is 0 Å². The maximum Gasteiger partial charge on any atom is 0.277 e. The molecule has 0 atom stereocenters. The van der Waals surface area contributed by atoms with Crippen LogP contribution in [0.25, 0.3) is 16.9 Å². The van der Waals surface area contributed by atoms with Crippen LogP contribution in [-0.4, -0.2) is 77.0 Å². The van der Waals surface area contributed by atoms with Crippen molar-refractivity contribution in [3.63, 3.8) is 0 Å². The van der Waals surface area contributed by atoms with Crippen molar-refractivity contribution in [2.75, 3.05) is 39.8 Å². The van der Waals surface area contributed by atoms with E-state index in [1.54, 1.807) is 26.0 Å². The number of piperazine rings is 1. The summed E-state index contributed by atoms with van der Waals surface area (Å²) in [6, 6.07) is 4.85. The lowest BCUT2D eigenvalue weighted by Gasteiger charge is -2.32. The van der Waals surface area contributed by atoms with Gasteiger partial charge < -0.3 is 14.6 Å². The van der Waals surface area contributed by atoms with Crippen molar-refractivity contribution in [2.45, 2.75) is 25.7 Å². The van der Waals surface area contributed by atoms with Gasteiger partial charge in [0, 0.05) is 26.2 Å². The van der Waals surface area contributed by atoms with Crippen molar-refractivity contribution >= 4 is 15.5 Å². The summed E-state index contributed by atoms with van der Waals surface area (Å²) in [4.78, 5) is 22.0. The molecule has 0 unspecified atom stereocenters. The van der Waals surface area contributed by atoms with Gasteiger partial charge >= 0.3 is 0 Å². The smallest absolute Gasteiger partial charge is 0.277 e. The highest BCUT2D eigenvalue weighted by Crippen LogP contribution is 2.35. The summed E-state index contributed by atoms with van der Waals surface area (Å²) in [7, 11) is -1.87. The Balaban J connectivity index is 1.95. The van der Waals surface area contributed by atoms with Crippen molar-refractivity contribution in [3.05, 3.63) is 40.1 Å². The second kappa shape index (κ2) is 8.06. The minimum Gasteiger partial charge on any atom is -0.493 e. The summed E-state index contributed by atoms with van der Waals surface area (Å²) in [6.07, 6.45) is 0. The van der Waals surface area contributed by atoms with Crippen LogP contribution >= 0.6 is 0 Å². The quantitative estimate of drug-likeness (QED) is 0.623. The summed E-state index contributed by atoms with van der Waals surface area (Å²) < 4.78 is 35.8. The average Bonchev–Trinajstić information content (AvgIpc) is 3.02. The van der Waals surface area contributed by atoms with Crippen molar-refractivity contribution in [2.24, 2.45) is 0 Å². The molecule has 166 valence electrons. The van der Waals surface area contributed by atoms with E-state index in [1.807, 2.05) is 14.0 Å². The first kappa shape index (κ1) is 21.5. The topological polar surface area (TPSA) is 113 Å². The van der Waals surface area contributed by atoms with E-state index in [-0.39, 0.29) is 16.3 Å². The van der Waals surface area contributed by atoms with Crippen molar-refractivity contribution in [3.8, 4) is 17.1 Å². The van der Waals surface area contributed by atoms with Gasteiger partial charge in [-0.1, -0.05) is 6.07 Å². The number of fused-ring (bicyclic) bond motifs is 1. The standard InChI is InChI=1S/C20H26N6O4S/c1-5-30-15-7-6-8-16(31(28,29)25-11-9-24(4)10-12-25)17(15)19-22-20(27)18-13(2)21-14(3)26(18)23-19/h6-8H,5,9-12H2,1-4H3,(H,22,23,27). The highest BCUT2D eigenvalue weighted by atomic mass is 32.2. The second-order valence-corrected chi connectivity index (χ2v) is 9.48. The fourth-order valence-electron chi connectivity index (χ4n) is 3.85. The van der Waals surface area contributed by atoms with Crippen molar-refractivity contribution in [1.82, 2.24) is 28.8 Å². The number of hydrogen-bond donors (Lipinski definition) is 1. The second-order valence-electron chi connectivity index (χ2n) is 7.58. The first-order valence-electron chi connectivity index (χ1n) is 10.1. The average molecular weight is 447 g/mol. The number of likely N-dealkylation sites (N-methyl/N-ethyl adjacent to an activating group) is 1. The third-order valence-electron chi connectivity index (χ3n) is 5.44. The number of imidazole rings is 1. The Morgan fingerprint density at radius 3 is 2.55 bits per heavy atom. The molecule has 10 nitrogen and oxygen atoms in total. The van der Waals surface area contributed by atoms with Crippen LogP contribution in [0.4, 0.5) is 0 Å². The Hall–Kier alpha value is -2.76. The van der Waals surface area contributed by atoms with Gasteiger partial charge in [0.1, 0.15) is 11.6 Å². The number of benzene rings is 1. The molecule has 2 aromatic heterocycles. The van der Waals surface area contributed by atoms with Gasteiger partial charge in [0.15, 0.2) is 11.3 Å². The number of nitrogens with one attached hydrogen (secondary N) is 1. The summed E-state index contributed by atoms with van der Waals surface area (Å²) in [6.45, 7) is 7.69. The van der Waals surface area contributed by atoms with Gasteiger partial charge in [0.2, 0.25) is 10.0 Å². The number of aromatic nitrogens is 4. The predicted octanol–water partition coefficient (Wildman–Crippen LogP) is 1.04. The first-order chi connectivity index (χ1) is 14.7. The molecule has 0 saturated carbocycles. The van der Waals surface area contributed by atoms with Gasteiger partial charge in [-0.2, -0.15) is 4.31 Å². The van der Waals surface area contributed by atoms with Gasteiger partial charge in [-0.15, -0.1) is 5.10 Å². The summed E-state index contributed by atoms with van der Waals surface area (Å²) in [5.74, 6) is 1.00. The van der Waals surface area contributed by atoms with Crippen LogP contribution in [0.1, 0.15) is 18.4 Å². The van der Waals surface area contributed by atoms with Crippen LogP contribution in [-0.2, 0) is 10.0 Å². The van der Waals surface area contributed by atoms with E-state index >= 15 is 0 Å². The van der Waals surface area contributed by atoms with E-state index in [4.69, 9.17) is 4.74 Å². The van der Waals surface area contributed by atoms with Gasteiger partial charge in [0.05, 0.1) is 22.8 Å². The third-order valence-corrected chi connectivity index (χ3v) is 7.38. The van der Waals surface area contributed by atoms with E-state index in [9.17, 15) is 13.2 Å². The Kier molecular flexibility index (Phi) is 5.58. The lowest BCUT2D eigenvalue weighted by Crippen LogP contribution is -2.47. The molecule has 0 bridgehead atoms. The molecule has 0 spiro atoms. The number of hydrogen-bond acceptors (Lipinski definition) is 7. The number of ether oxygens (including phenoxy) is 1. The van der Waals surface area contributed by atoms with Crippen LogP contribution in [0.15, 0.2) is 27.9 Å². The zero-order valence-electron chi connectivity index (χ0n) is 18.0. The normalized spacial score (nSPS) is 16.1. The van der Waals surface area contributed by atoms with E-state index in [2.05, 4.69) is 20.0 Å². The molecule has 31 heavy (non-hydrogen) atoms.